The van der Waals surface area contributed by atoms with Crippen LogP contribution in [-0.2, 0) is 23.4 Å². The van der Waals surface area contributed by atoms with E-state index in [1.165, 1.54) is 24.7 Å². The molecular weight excluding hydrogens is 564 g/mol. The van der Waals surface area contributed by atoms with Crippen molar-refractivity contribution < 1.29 is 32.9 Å². The first-order valence-corrected chi connectivity index (χ1v) is 15.6. The Bertz CT molecular complexity index is 1390. The zero-order valence-corrected chi connectivity index (χ0v) is 24.4. The minimum Gasteiger partial charge on any atom is -0.462 e. The standard InChI is InChI=1S/C24H33FN7O6PS/c1-13(2)37-21(34)14(3)31-39(35,40-15-9-7-6-8-10-15)36-11-16-18(33)24(4,25)22(38-16)32-12-28-17-19(27-5)29-23(26)30-20(17)32/h6-10,12-14,16,18,22,33H,11H2,1-5H3,(H,31,35)(H3,26,27,29,30)/t14-,16?,18+,22+,24+,39?/m0/s1. The van der Waals surface area contributed by atoms with Crippen molar-refractivity contribution in [3.05, 3.63) is 36.7 Å². The van der Waals surface area contributed by atoms with Crippen molar-refractivity contribution in [1.29, 1.82) is 0 Å². The number of nitrogens with two attached hydrogens (primary N) is 1. The molecule has 13 nitrogen and oxygen atoms in total. The molecule has 16 heteroatoms. The van der Waals surface area contributed by atoms with Crippen LogP contribution in [0.1, 0.15) is 33.9 Å². The van der Waals surface area contributed by atoms with E-state index in [-0.39, 0.29) is 17.7 Å². The normalized spacial score (nSPS) is 25.1. The van der Waals surface area contributed by atoms with Gasteiger partial charge in [0.15, 0.2) is 28.9 Å². The third-order valence-corrected chi connectivity index (χ3v) is 9.98. The van der Waals surface area contributed by atoms with E-state index in [2.05, 4.69) is 25.4 Å². The van der Waals surface area contributed by atoms with Crippen molar-refractivity contribution in [2.45, 2.75) is 68.8 Å². The lowest BCUT2D eigenvalue weighted by Gasteiger charge is -2.25. The van der Waals surface area contributed by atoms with Crippen LogP contribution < -0.4 is 16.1 Å². The van der Waals surface area contributed by atoms with Gasteiger partial charge in [0.1, 0.15) is 18.2 Å². The first-order chi connectivity index (χ1) is 18.8. The van der Waals surface area contributed by atoms with Gasteiger partial charge in [-0.1, -0.05) is 18.2 Å². The Morgan fingerprint density at radius 2 is 2.02 bits per heavy atom. The summed E-state index contributed by atoms with van der Waals surface area (Å²) in [6, 6.07) is 7.80. The summed E-state index contributed by atoms with van der Waals surface area (Å²) >= 11 is 0.877. The first kappa shape index (κ1) is 30.2. The highest BCUT2D eigenvalue weighted by molar-refractivity contribution is 8.56. The number of aliphatic hydroxyl groups is 1. The Hall–Kier alpha value is -2.81. The molecule has 2 unspecified atom stereocenters. The number of anilines is 2. The molecule has 2 aromatic heterocycles. The van der Waals surface area contributed by atoms with Crippen LogP contribution in [0.5, 0.6) is 0 Å². The second kappa shape index (κ2) is 12.0. The Labute approximate surface area is 234 Å². The Morgan fingerprint density at radius 1 is 1.32 bits per heavy atom. The minimum atomic E-state index is -3.86. The van der Waals surface area contributed by atoms with E-state index in [9.17, 15) is 14.5 Å². The number of nitrogens with one attached hydrogen (secondary N) is 2. The van der Waals surface area contributed by atoms with Crippen LogP contribution >= 0.6 is 18.1 Å². The molecule has 3 heterocycles. The summed E-state index contributed by atoms with van der Waals surface area (Å²) in [4.78, 5) is 25.5. The van der Waals surface area contributed by atoms with Gasteiger partial charge in [-0.3, -0.25) is 13.9 Å². The highest BCUT2D eigenvalue weighted by Crippen LogP contribution is 2.60. The third-order valence-electron chi connectivity index (χ3n) is 6.08. The van der Waals surface area contributed by atoms with Gasteiger partial charge in [0.05, 0.1) is 19.0 Å². The molecule has 3 aromatic rings. The molecule has 218 valence electrons. The van der Waals surface area contributed by atoms with Crippen molar-refractivity contribution in [1.82, 2.24) is 24.6 Å². The molecule has 1 aliphatic heterocycles. The number of carbonyl (C=O) groups is 1. The van der Waals surface area contributed by atoms with Crippen molar-refractivity contribution >= 4 is 47.0 Å². The smallest absolute Gasteiger partial charge is 0.332 e. The van der Waals surface area contributed by atoms with Crippen LogP contribution in [0.3, 0.4) is 0 Å². The van der Waals surface area contributed by atoms with Crippen molar-refractivity contribution in [2.75, 3.05) is 24.7 Å². The number of alkyl halides is 1. The van der Waals surface area contributed by atoms with Crippen molar-refractivity contribution in [3.8, 4) is 0 Å². The predicted molar refractivity (Wildman–Crippen MR) is 148 cm³/mol. The number of hydrogen-bond donors (Lipinski definition) is 4. The number of esters is 1. The lowest BCUT2D eigenvalue weighted by atomic mass is 9.98. The number of rotatable bonds is 11. The fourth-order valence-electron chi connectivity index (χ4n) is 4.14. The number of aromatic nitrogens is 4. The number of aliphatic hydroxyl groups excluding tert-OH is 1. The maximum atomic E-state index is 16.0. The van der Waals surface area contributed by atoms with Crippen LogP contribution in [0.15, 0.2) is 41.6 Å². The molecule has 0 aliphatic carbocycles. The average molecular weight is 598 g/mol. The largest absolute Gasteiger partial charge is 0.462 e. The molecule has 40 heavy (non-hydrogen) atoms. The van der Waals surface area contributed by atoms with Gasteiger partial charge in [-0.2, -0.15) is 9.97 Å². The van der Waals surface area contributed by atoms with E-state index >= 15 is 4.39 Å². The van der Waals surface area contributed by atoms with Gasteiger partial charge in [0.2, 0.25) is 5.95 Å². The number of nitrogen functional groups attached to an aromatic ring is 1. The number of carbonyl (C=O) groups excluding carboxylic acids is 1. The number of imidazole rings is 1. The van der Waals surface area contributed by atoms with Crippen molar-refractivity contribution in [3.63, 3.8) is 0 Å². The molecule has 4 rings (SSSR count). The summed E-state index contributed by atoms with van der Waals surface area (Å²) in [5, 5.41) is 16.5. The molecule has 6 atom stereocenters. The lowest BCUT2D eigenvalue weighted by Crippen LogP contribution is -2.41. The Balaban J connectivity index is 1.56. The number of fused-ring (bicyclic) bond motifs is 1. The summed E-state index contributed by atoms with van der Waals surface area (Å²) in [5.74, 6) is -0.335. The Morgan fingerprint density at radius 3 is 2.67 bits per heavy atom. The van der Waals surface area contributed by atoms with E-state index in [0.717, 1.165) is 11.4 Å². The average Bonchev–Trinajstić information content (AvgIpc) is 3.40. The second-order valence-electron chi connectivity index (χ2n) is 9.66. The second-order valence-corrected chi connectivity index (χ2v) is 13.8. The van der Waals surface area contributed by atoms with Crippen LogP contribution in [0, 0.1) is 0 Å². The highest BCUT2D eigenvalue weighted by atomic mass is 32.7. The molecule has 0 saturated carbocycles. The number of ether oxygens (including phenoxy) is 2. The van der Waals surface area contributed by atoms with Crippen LogP contribution in [0.2, 0.25) is 0 Å². The van der Waals surface area contributed by atoms with Gasteiger partial charge in [-0.05, 0) is 51.2 Å². The van der Waals surface area contributed by atoms with Gasteiger partial charge in [0.25, 0.3) is 0 Å². The monoisotopic (exact) mass is 597 g/mol. The van der Waals surface area contributed by atoms with Crippen LogP contribution in [0.25, 0.3) is 11.2 Å². The molecule has 0 bridgehead atoms. The molecule has 1 aliphatic rings. The zero-order chi connectivity index (χ0) is 29.2. The van der Waals surface area contributed by atoms with E-state index < -0.39 is 49.4 Å². The summed E-state index contributed by atoms with van der Waals surface area (Å²) in [5.41, 5.74) is 4.03. The van der Waals surface area contributed by atoms with Crippen molar-refractivity contribution in [2.24, 2.45) is 0 Å². The molecule has 5 N–H and O–H groups in total. The number of benzene rings is 1. The van der Waals surface area contributed by atoms with Gasteiger partial charge < -0.3 is 30.2 Å². The maximum absolute atomic E-state index is 16.0. The Kier molecular flexibility index (Phi) is 9.02. The first-order valence-electron chi connectivity index (χ1n) is 12.5. The van der Waals surface area contributed by atoms with Gasteiger partial charge in [0, 0.05) is 11.9 Å². The summed E-state index contributed by atoms with van der Waals surface area (Å²) in [6.07, 6.45) is -3.32. The lowest BCUT2D eigenvalue weighted by molar-refractivity contribution is -0.149. The number of nitrogens with zero attached hydrogens (tertiary/aromatic N) is 4. The minimum absolute atomic E-state index is 0.0624. The quantitative estimate of drug-likeness (QED) is 0.187. The number of hydrogen-bond acceptors (Lipinski definition) is 12. The third kappa shape index (κ3) is 6.40. The fraction of sp³-hybridized carbons (Fsp3) is 0.500. The molecule has 1 aromatic carbocycles. The van der Waals surface area contributed by atoms with Crippen LogP contribution in [0.4, 0.5) is 16.2 Å². The zero-order valence-electron chi connectivity index (χ0n) is 22.6. The summed E-state index contributed by atoms with van der Waals surface area (Å²) < 4.78 is 48.1. The molecule has 1 fully saturated rings. The van der Waals surface area contributed by atoms with Gasteiger partial charge in [-0.25, -0.2) is 14.5 Å². The SMILES string of the molecule is CNc1nc(N)nc2c1ncn2[C@@H]1OC(COP(=O)(N[C@@H](C)C(=O)OC(C)C)Sc2ccccc2)[C@@H](O)[C@@]1(C)F. The fourth-order valence-corrected chi connectivity index (χ4v) is 7.97. The molecule has 0 amide bonds. The van der Waals surface area contributed by atoms with E-state index in [1.54, 1.807) is 51.2 Å². The molecular formula is C24H33FN7O6PS. The van der Waals surface area contributed by atoms with Gasteiger partial charge >= 0.3 is 12.7 Å². The summed E-state index contributed by atoms with van der Waals surface area (Å²) in [6.45, 7) is 1.76. The number of halogens is 1. The molecule has 0 spiro atoms. The predicted octanol–water partition coefficient (Wildman–Crippen LogP) is 3.28. The van der Waals surface area contributed by atoms with E-state index in [0.29, 0.717) is 16.2 Å². The van der Waals surface area contributed by atoms with E-state index in [4.69, 9.17) is 19.7 Å². The summed E-state index contributed by atoms with van der Waals surface area (Å²) in [7, 11) is 1.63. The van der Waals surface area contributed by atoms with Gasteiger partial charge in [-0.15, -0.1) is 0 Å². The highest BCUT2D eigenvalue weighted by Gasteiger charge is 2.56. The molecule has 1 saturated heterocycles. The maximum Gasteiger partial charge on any atom is 0.332 e. The topological polar surface area (TPSA) is 176 Å². The molecule has 0 radical (unpaired) electrons. The van der Waals surface area contributed by atoms with Crippen LogP contribution in [-0.4, -0.2) is 74.3 Å². The van der Waals surface area contributed by atoms with E-state index in [1.807, 2.05) is 0 Å².